The van der Waals surface area contributed by atoms with E-state index in [-0.39, 0.29) is 17.6 Å². The van der Waals surface area contributed by atoms with Crippen molar-refractivity contribution in [3.63, 3.8) is 0 Å². The molecule has 1 fully saturated rings. The summed E-state index contributed by atoms with van der Waals surface area (Å²) in [5, 5.41) is 11.5. The Morgan fingerprint density at radius 3 is 2.63 bits per heavy atom. The van der Waals surface area contributed by atoms with Gasteiger partial charge < -0.3 is 10.3 Å². The highest BCUT2D eigenvalue weighted by Crippen LogP contribution is 2.33. The largest absolute Gasteiger partial charge is 0.353 e. The number of benzene rings is 1. The van der Waals surface area contributed by atoms with E-state index >= 15 is 0 Å². The highest BCUT2D eigenvalue weighted by molar-refractivity contribution is 5.99. The Labute approximate surface area is 216 Å². The normalized spacial score (nSPS) is 13.6. The van der Waals surface area contributed by atoms with Gasteiger partial charge in [0.15, 0.2) is 0 Å². The predicted molar refractivity (Wildman–Crippen MR) is 144 cm³/mol. The molecule has 0 spiro atoms. The summed E-state index contributed by atoms with van der Waals surface area (Å²) in [6.07, 6.45) is 8.10. The van der Waals surface area contributed by atoms with Crippen LogP contribution in [0.3, 0.4) is 0 Å². The first-order valence-corrected chi connectivity index (χ1v) is 12.5. The van der Waals surface area contributed by atoms with Crippen molar-refractivity contribution in [3.05, 3.63) is 79.0 Å². The van der Waals surface area contributed by atoms with Crippen LogP contribution in [0.25, 0.3) is 55.8 Å². The van der Waals surface area contributed by atoms with E-state index in [1.54, 1.807) is 30.7 Å². The molecular formula is C29H22FN7O. The van der Waals surface area contributed by atoms with E-state index in [9.17, 15) is 9.18 Å². The van der Waals surface area contributed by atoms with Crippen molar-refractivity contribution in [3.8, 4) is 33.9 Å². The Kier molecular flexibility index (Phi) is 5.21. The summed E-state index contributed by atoms with van der Waals surface area (Å²) < 4.78 is 13.5. The van der Waals surface area contributed by atoms with Crippen LogP contribution >= 0.6 is 0 Å². The molecule has 0 atom stereocenters. The number of amides is 1. The summed E-state index contributed by atoms with van der Waals surface area (Å²) in [6, 6.07) is 15.9. The first kappa shape index (κ1) is 22.3. The van der Waals surface area contributed by atoms with Gasteiger partial charge in [-0.2, -0.15) is 5.10 Å². The van der Waals surface area contributed by atoms with E-state index in [1.165, 1.54) is 12.1 Å². The molecule has 1 amide bonds. The number of hydrogen-bond donors (Lipinski definition) is 3. The Morgan fingerprint density at radius 2 is 1.82 bits per heavy atom. The molecular weight excluding hydrogens is 481 g/mol. The lowest BCUT2D eigenvalue weighted by molar-refractivity contribution is -0.122. The van der Waals surface area contributed by atoms with Gasteiger partial charge in [0.2, 0.25) is 5.91 Å². The SMILES string of the molecule is O=C(Nc1cncc(-c2ccc3[nH]nc(-c4cc5c(-c6ccc(F)cc6)nccc5[nH]4)c3n2)c1)C1CCC1. The number of anilines is 1. The highest BCUT2D eigenvalue weighted by atomic mass is 19.1. The second-order valence-corrected chi connectivity index (χ2v) is 9.55. The maximum absolute atomic E-state index is 13.5. The number of hydrogen-bond acceptors (Lipinski definition) is 5. The first-order valence-electron chi connectivity index (χ1n) is 12.5. The topological polar surface area (TPSA) is 112 Å². The summed E-state index contributed by atoms with van der Waals surface area (Å²) in [6.45, 7) is 0. The molecule has 6 aromatic rings. The molecule has 7 rings (SSSR count). The standard InChI is InChI=1S/C29H22FN7O/c30-19-6-4-16(5-7-19)26-21-13-25(34-23(21)10-11-32-26)28-27-24(36-37-28)9-8-22(35-27)18-12-20(15-31-14-18)33-29(38)17-2-1-3-17/h4-15,17,34H,1-3H2,(H,33,38)(H,36,37). The molecule has 1 aliphatic rings. The molecule has 0 unspecified atom stereocenters. The van der Waals surface area contributed by atoms with E-state index in [0.29, 0.717) is 16.9 Å². The van der Waals surface area contributed by atoms with Crippen LogP contribution in [0, 0.1) is 11.7 Å². The minimum Gasteiger partial charge on any atom is -0.353 e. The van der Waals surface area contributed by atoms with Gasteiger partial charge in [-0.05, 0) is 67.4 Å². The number of carbonyl (C=O) groups is 1. The minimum atomic E-state index is -0.290. The van der Waals surface area contributed by atoms with Crippen LogP contribution in [-0.4, -0.2) is 36.0 Å². The van der Waals surface area contributed by atoms with Gasteiger partial charge in [0.1, 0.15) is 17.0 Å². The van der Waals surface area contributed by atoms with E-state index in [1.807, 2.05) is 30.3 Å². The average Bonchev–Trinajstić information content (AvgIpc) is 3.52. The number of fused-ring (bicyclic) bond motifs is 2. The zero-order valence-corrected chi connectivity index (χ0v) is 20.2. The summed E-state index contributed by atoms with van der Waals surface area (Å²) in [7, 11) is 0. The summed E-state index contributed by atoms with van der Waals surface area (Å²) in [5.41, 5.74) is 7.60. The van der Waals surface area contributed by atoms with Crippen molar-refractivity contribution in [2.75, 3.05) is 5.32 Å². The molecule has 1 aromatic carbocycles. The van der Waals surface area contributed by atoms with E-state index in [0.717, 1.165) is 63.9 Å². The van der Waals surface area contributed by atoms with Gasteiger partial charge in [-0.3, -0.25) is 19.9 Å². The lowest BCUT2D eigenvalue weighted by atomic mass is 9.85. The number of pyridine rings is 3. The second kappa shape index (κ2) is 8.88. The maximum Gasteiger partial charge on any atom is 0.227 e. The zero-order valence-electron chi connectivity index (χ0n) is 20.2. The smallest absolute Gasteiger partial charge is 0.227 e. The monoisotopic (exact) mass is 503 g/mol. The van der Waals surface area contributed by atoms with Crippen LogP contribution in [-0.2, 0) is 4.79 Å². The number of nitrogens with zero attached hydrogens (tertiary/aromatic N) is 4. The van der Waals surface area contributed by atoms with Crippen LogP contribution in [0.4, 0.5) is 10.1 Å². The molecule has 9 heteroatoms. The van der Waals surface area contributed by atoms with E-state index < -0.39 is 0 Å². The molecule has 0 bridgehead atoms. The molecule has 0 radical (unpaired) electrons. The summed E-state index contributed by atoms with van der Waals surface area (Å²) >= 11 is 0. The van der Waals surface area contributed by atoms with Crippen molar-refractivity contribution >= 4 is 33.5 Å². The number of aromatic amines is 2. The van der Waals surface area contributed by atoms with E-state index in [2.05, 4.69) is 30.5 Å². The van der Waals surface area contributed by atoms with Crippen LogP contribution in [0.1, 0.15) is 19.3 Å². The van der Waals surface area contributed by atoms with E-state index in [4.69, 9.17) is 4.98 Å². The van der Waals surface area contributed by atoms with Gasteiger partial charge in [0, 0.05) is 40.3 Å². The first-order chi connectivity index (χ1) is 18.6. The summed E-state index contributed by atoms with van der Waals surface area (Å²) in [5.74, 6) is -0.150. The fourth-order valence-electron chi connectivity index (χ4n) is 4.83. The van der Waals surface area contributed by atoms with Gasteiger partial charge in [0.25, 0.3) is 0 Å². The Morgan fingerprint density at radius 1 is 0.947 bits per heavy atom. The van der Waals surface area contributed by atoms with Crippen molar-refractivity contribution < 1.29 is 9.18 Å². The fourth-order valence-corrected chi connectivity index (χ4v) is 4.83. The quantitative estimate of drug-likeness (QED) is 0.263. The van der Waals surface area contributed by atoms with Gasteiger partial charge in [-0.25, -0.2) is 9.37 Å². The second-order valence-electron chi connectivity index (χ2n) is 9.55. The molecule has 0 saturated heterocycles. The molecule has 0 aliphatic heterocycles. The highest BCUT2D eigenvalue weighted by Gasteiger charge is 2.25. The molecule has 186 valence electrons. The Bertz CT molecular complexity index is 1820. The Hall–Kier alpha value is -4.92. The maximum atomic E-state index is 13.5. The molecule has 8 nitrogen and oxygen atoms in total. The predicted octanol–water partition coefficient (Wildman–Crippen LogP) is 6.11. The number of H-pyrrole nitrogens is 2. The molecule has 5 aromatic heterocycles. The average molecular weight is 504 g/mol. The van der Waals surface area contributed by atoms with Crippen molar-refractivity contribution in [1.29, 1.82) is 0 Å². The van der Waals surface area contributed by atoms with Crippen molar-refractivity contribution in [1.82, 2.24) is 30.1 Å². The molecule has 38 heavy (non-hydrogen) atoms. The van der Waals surface area contributed by atoms with Crippen LogP contribution < -0.4 is 5.32 Å². The molecule has 5 heterocycles. The molecule has 1 aliphatic carbocycles. The third-order valence-corrected chi connectivity index (χ3v) is 7.11. The molecule has 1 saturated carbocycles. The lowest BCUT2D eigenvalue weighted by Gasteiger charge is -2.24. The van der Waals surface area contributed by atoms with Crippen molar-refractivity contribution in [2.45, 2.75) is 19.3 Å². The van der Waals surface area contributed by atoms with Gasteiger partial charge >= 0.3 is 0 Å². The van der Waals surface area contributed by atoms with Gasteiger partial charge in [-0.15, -0.1) is 0 Å². The van der Waals surface area contributed by atoms with Crippen molar-refractivity contribution in [2.24, 2.45) is 5.92 Å². The van der Waals surface area contributed by atoms with Crippen LogP contribution in [0.15, 0.2) is 73.2 Å². The number of rotatable bonds is 5. The summed E-state index contributed by atoms with van der Waals surface area (Å²) in [4.78, 5) is 29.6. The molecule has 3 N–H and O–H groups in total. The van der Waals surface area contributed by atoms with Gasteiger partial charge in [0.05, 0.1) is 34.5 Å². The minimum absolute atomic E-state index is 0.0454. The van der Waals surface area contributed by atoms with Crippen LogP contribution in [0.5, 0.6) is 0 Å². The number of aromatic nitrogens is 6. The number of carbonyl (C=O) groups excluding carboxylic acids is 1. The number of nitrogens with one attached hydrogen (secondary N) is 3. The third-order valence-electron chi connectivity index (χ3n) is 7.11. The lowest BCUT2D eigenvalue weighted by Crippen LogP contribution is -2.28. The Balaban J connectivity index is 1.26. The fraction of sp³-hybridized carbons (Fsp3) is 0.138. The third kappa shape index (κ3) is 3.88. The number of halogens is 1. The zero-order chi connectivity index (χ0) is 25.6. The van der Waals surface area contributed by atoms with Crippen LogP contribution in [0.2, 0.25) is 0 Å². The van der Waals surface area contributed by atoms with Gasteiger partial charge in [-0.1, -0.05) is 6.42 Å².